The van der Waals surface area contributed by atoms with E-state index in [0.29, 0.717) is 60.6 Å². The first-order valence-corrected chi connectivity index (χ1v) is 18.5. The van der Waals surface area contributed by atoms with Gasteiger partial charge < -0.3 is 28.4 Å². The fraction of sp³-hybridized carbons (Fsp3) is 0.150. The van der Waals surface area contributed by atoms with E-state index in [1.54, 1.807) is 36.7 Å². The highest BCUT2D eigenvalue weighted by atomic mass is 32.1. The van der Waals surface area contributed by atoms with Crippen LogP contribution in [0.15, 0.2) is 71.7 Å². The maximum Gasteiger partial charge on any atom is 0.338 e. The summed E-state index contributed by atoms with van der Waals surface area (Å²) in [4.78, 5) is 46.6. The van der Waals surface area contributed by atoms with E-state index in [-0.39, 0.29) is 11.1 Å². The summed E-state index contributed by atoms with van der Waals surface area (Å²) in [6.45, 7) is 2.04. The smallest absolute Gasteiger partial charge is 0.338 e. The number of carbonyl (C=O) groups is 2. The van der Waals surface area contributed by atoms with Crippen molar-refractivity contribution in [3.05, 3.63) is 104 Å². The normalized spacial score (nSPS) is 13.3. The van der Waals surface area contributed by atoms with Gasteiger partial charge in [0.05, 0.1) is 69.3 Å². The van der Waals surface area contributed by atoms with Crippen LogP contribution in [0, 0.1) is 0 Å². The average molecular weight is 759 g/mol. The van der Waals surface area contributed by atoms with Gasteiger partial charge in [-0.3, -0.25) is 9.97 Å². The van der Waals surface area contributed by atoms with Crippen LogP contribution in [-0.2, 0) is 9.47 Å². The Morgan fingerprint density at radius 2 is 0.981 bits per heavy atom. The molecule has 14 heteroatoms. The molecule has 0 saturated carbocycles. The molecule has 0 unspecified atom stereocenters. The molecule has 0 radical (unpaired) electrons. The second kappa shape index (κ2) is 15.3. The molecule has 2 aliphatic rings. The van der Waals surface area contributed by atoms with E-state index in [4.69, 9.17) is 38.4 Å². The summed E-state index contributed by atoms with van der Waals surface area (Å²) in [5.41, 5.74) is 4.58. The number of nitrogens with zero attached hydrogens (tertiary/aromatic N) is 4. The van der Waals surface area contributed by atoms with E-state index >= 15 is 0 Å². The van der Waals surface area contributed by atoms with Gasteiger partial charge in [0.2, 0.25) is 0 Å². The first kappa shape index (κ1) is 34.7. The minimum atomic E-state index is -0.574. The lowest BCUT2D eigenvalue weighted by molar-refractivity contribution is 0.0591. The summed E-state index contributed by atoms with van der Waals surface area (Å²) in [5.74, 6) is 1.80. The third kappa shape index (κ3) is 7.29. The molecule has 0 aliphatic carbocycles. The zero-order valence-corrected chi connectivity index (χ0v) is 30.6. The molecule has 270 valence electrons. The molecule has 0 N–H and O–H groups in total. The number of esters is 2. The molecule has 6 aromatic rings. The number of hydrogen-bond acceptors (Lipinski definition) is 14. The summed E-state index contributed by atoms with van der Waals surface area (Å²) >= 11 is 3.06. The third-order valence-electron chi connectivity index (χ3n) is 8.36. The van der Waals surface area contributed by atoms with Crippen LogP contribution in [0.25, 0.3) is 58.5 Å². The van der Waals surface area contributed by atoms with E-state index in [1.807, 2.05) is 59.3 Å². The number of aromatic nitrogens is 4. The summed E-state index contributed by atoms with van der Waals surface area (Å²) in [7, 11) is 2.61. The van der Waals surface area contributed by atoms with Crippen molar-refractivity contribution in [2.45, 2.75) is 0 Å². The van der Waals surface area contributed by atoms with Gasteiger partial charge in [0, 0.05) is 23.2 Å². The van der Waals surface area contributed by atoms with Gasteiger partial charge in [0.25, 0.3) is 0 Å². The van der Waals surface area contributed by atoms with E-state index in [2.05, 4.69) is 9.97 Å². The monoisotopic (exact) mass is 758 g/mol. The number of methoxy groups -OCH3 is 2. The fourth-order valence-corrected chi connectivity index (χ4v) is 7.42. The van der Waals surface area contributed by atoms with E-state index < -0.39 is 11.9 Å². The standard InChI is InChI=1S/C40H30N4O8S2/c1-47-39(45)25-17-29(27-15-23(7-9-41-27)3-5-35-37-33(21-53-35)49-11-13-51-37)43-31(19-25)32-20-26(40(46)48-2)18-30(44-32)28-16-24(8-10-42-28)4-6-36-38-34(22-54-36)50-12-14-52-38/h3-10,15-22H,11-14H2,1-2H3/b5-3+,6-4+. The first-order chi connectivity index (χ1) is 26.4. The number of hydrogen-bond donors (Lipinski definition) is 0. The maximum atomic E-state index is 12.9. The van der Waals surface area contributed by atoms with Crippen molar-refractivity contribution in [3.8, 4) is 57.2 Å². The van der Waals surface area contributed by atoms with Gasteiger partial charge in [0.1, 0.15) is 26.4 Å². The predicted molar refractivity (Wildman–Crippen MR) is 205 cm³/mol. The van der Waals surface area contributed by atoms with Crippen molar-refractivity contribution in [1.82, 2.24) is 19.9 Å². The molecule has 8 rings (SSSR count). The van der Waals surface area contributed by atoms with Crippen LogP contribution in [0.5, 0.6) is 23.0 Å². The van der Waals surface area contributed by atoms with Crippen molar-refractivity contribution in [2.24, 2.45) is 0 Å². The molecule has 54 heavy (non-hydrogen) atoms. The number of fused-ring (bicyclic) bond motifs is 2. The lowest BCUT2D eigenvalue weighted by atomic mass is 10.1. The summed E-state index contributed by atoms with van der Waals surface area (Å²) in [6.07, 6.45) is 11.1. The lowest BCUT2D eigenvalue weighted by Crippen LogP contribution is -2.14. The molecule has 0 saturated heterocycles. The number of rotatable bonds is 9. The van der Waals surface area contributed by atoms with Crippen LogP contribution in [0.2, 0.25) is 0 Å². The predicted octanol–water partition coefficient (Wildman–Crippen LogP) is 7.85. The minimum Gasteiger partial charge on any atom is -0.485 e. The molecule has 6 aromatic heterocycles. The van der Waals surface area contributed by atoms with Crippen molar-refractivity contribution in [2.75, 3.05) is 40.6 Å². The largest absolute Gasteiger partial charge is 0.485 e. The number of thiophene rings is 2. The minimum absolute atomic E-state index is 0.227. The van der Waals surface area contributed by atoms with Gasteiger partial charge in [-0.2, -0.15) is 0 Å². The van der Waals surface area contributed by atoms with Crippen molar-refractivity contribution in [1.29, 1.82) is 0 Å². The van der Waals surface area contributed by atoms with Crippen LogP contribution < -0.4 is 18.9 Å². The molecule has 0 aromatic carbocycles. The van der Waals surface area contributed by atoms with Gasteiger partial charge in [-0.25, -0.2) is 19.6 Å². The SMILES string of the molecule is COC(=O)c1cc(-c2cc(/C=C/c3scc4c3OCCO4)ccn2)nc(-c2cc(C(=O)OC)cc(-c3cc(/C=C/c4scc5c4OCCO5)ccn3)n2)c1. The van der Waals surface area contributed by atoms with Crippen molar-refractivity contribution >= 4 is 58.9 Å². The van der Waals surface area contributed by atoms with Gasteiger partial charge in [-0.05, 0) is 71.8 Å². The molecule has 0 bridgehead atoms. The molecule has 8 heterocycles. The maximum absolute atomic E-state index is 12.9. The Bertz CT molecular complexity index is 2290. The van der Waals surface area contributed by atoms with Crippen LogP contribution in [0.1, 0.15) is 41.6 Å². The zero-order chi connectivity index (χ0) is 37.0. The fourth-order valence-electron chi connectivity index (χ4n) is 5.78. The quantitative estimate of drug-likeness (QED) is 0.133. The van der Waals surface area contributed by atoms with Crippen molar-refractivity contribution in [3.63, 3.8) is 0 Å². The van der Waals surface area contributed by atoms with Gasteiger partial charge in [-0.1, -0.05) is 12.2 Å². The third-order valence-corrected chi connectivity index (χ3v) is 10.2. The Hall–Kier alpha value is -6.38. The number of pyridine rings is 4. The second-order valence-corrected chi connectivity index (χ2v) is 13.7. The number of ether oxygens (including phenoxy) is 6. The molecule has 0 fully saturated rings. The first-order valence-electron chi connectivity index (χ1n) is 16.7. The highest BCUT2D eigenvalue weighted by Gasteiger charge is 2.20. The summed E-state index contributed by atoms with van der Waals surface area (Å²) in [6, 6.07) is 13.8. The molecule has 0 amide bonds. The Morgan fingerprint density at radius 3 is 1.41 bits per heavy atom. The van der Waals surface area contributed by atoms with E-state index in [1.165, 1.54) is 36.9 Å². The van der Waals surface area contributed by atoms with Crippen molar-refractivity contribution < 1.29 is 38.0 Å². The Labute approximate surface area is 317 Å². The van der Waals surface area contributed by atoms with Gasteiger partial charge in [0.15, 0.2) is 23.0 Å². The van der Waals surface area contributed by atoms with Crippen LogP contribution in [0.3, 0.4) is 0 Å². The van der Waals surface area contributed by atoms with E-state index in [9.17, 15) is 9.59 Å². The molecule has 2 aliphatic heterocycles. The Balaban J connectivity index is 1.15. The van der Waals surface area contributed by atoms with Gasteiger partial charge >= 0.3 is 11.9 Å². The molecule has 12 nitrogen and oxygen atoms in total. The van der Waals surface area contributed by atoms with Crippen LogP contribution >= 0.6 is 22.7 Å². The van der Waals surface area contributed by atoms with E-state index in [0.717, 1.165) is 43.9 Å². The molecular weight excluding hydrogens is 729 g/mol. The van der Waals surface area contributed by atoms with Crippen LogP contribution in [-0.4, -0.2) is 72.5 Å². The van der Waals surface area contributed by atoms with Crippen LogP contribution in [0.4, 0.5) is 0 Å². The Kier molecular flexibility index (Phi) is 9.83. The topological polar surface area (TPSA) is 141 Å². The zero-order valence-electron chi connectivity index (χ0n) is 28.9. The summed E-state index contributed by atoms with van der Waals surface area (Å²) in [5, 5.41) is 3.86. The molecule has 0 spiro atoms. The molecule has 0 atom stereocenters. The lowest BCUT2D eigenvalue weighted by Gasteiger charge is -2.15. The number of carbonyl (C=O) groups excluding carboxylic acids is 2. The molecular formula is C40H30N4O8S2. The summed E-state index contributed by atoms with van der Waals surface area (Å²) < 4.78 is 33.1. The average Bonchev–Trinajstić information content (AvgIpc) is 3.85. The second-order valence-electron chi connectivity index (χ2n) is 11.8. The highest BCUT2D eigenvalue weighted by molar-refractivity contribution is 7.12. The van der Waals surface area contributed by atoms with Gasteiger partial charge in [-0.15, -0.1) is 22.7 Å². The Morgan fingerprint density at radius 1 is 0.574 bits per heavy atom. The highest BCUT2D eigenvalue weighted by Crippen LogP contribution is 2.41.